The Labute approximate surface area is 51.1 Å². The molecule has 5 heteroatoms. The lowest BCUT2D eigenvalue weighted by atomic mass is 10.6. The number of aryl methyl sites for hydroxylation is 1. The maximum absolute atomic E-state index is 9.94. The highest BCUT2D eigenvalue weighted by atomic mass is 16.6. The fourth-order valence-electron chi connectivity index (χ4n) is 0.453. The molecule has 0 N–H and O–H groups in total. The minimum absolute atomic E-state index is 0.0995. The second kappa shape index (κ2) is 1.85. The van der Waals surface area contributed by atoms with Crippen LogP contribution in [0.1, 0.15) is 0 Å². The van der Waals surface area contributed by atoms with Crippen LogP contribution in [0.3, 0.4) is 0 Å². The van der Waals surface area contributed by atoms with Gasteiger partial charge in [-0.15, -0.1) is 0 Å². The van der Waals surface area contributed by atoms with Crippen molar-refractivity contribution in [2.75, 3.05) is 0 Å². The monoisotopic (exact) mass is 126 g/mol. The Morgan fingerprint density at radius 1 is 2.00 bits per heavy atom. The molecule has 0 saturated carbocycles. The quantitative estimate of drug-likeness (QED) is 0.397. The lowest BCUT2D eigenvalue weighted by molar-refractivity contribution is -0.385. The van der Waals surface area contributed by atoms with Crippen LogP contribution in [0.25, 0.3) is 0 Å². The van der Waals surface area contributed by atoms with Crippen LogP contribution >= 0.6 is 0 Å². The van der Waals surface area contributed by atoms with Crippen LogP contribution in [-0.2, 0) is 7.05 Å². The molecule has 0 aromatic carbocycles. The standard InChI is InChI=1S/C4H4N3O2/c1-6-3-4(2-5-6)7(8)9/h2H,1H3. The Hall–Kier alpha value is -1.39. The summed E-state index contributed by atoms with van der Waals surface area (Å²) in [6.45, 7) is 0. The number of nitrogens with zero attached hydrogens (tertiary/aromatic N) is 3. The minimum Gasteiger partial charge on any atom is -0.259 e. The average Bonchev–Trinajstić information content (AvgIpc) is 2.14. The number of aromatic nitrogens is 2. The van der Waals surface area contributed by atoms with Crippen LogP contribution in [0.15, 0.2) is 6.20 Å². The van der Waals surface area contributed by atoms with E-state index in [1.54, 1.807) is 7.05 Å². The van der Waals surface area contributed by atoms with E-state index in [-0.39, 0.29) is 5.69 Å². The molecule has 0 saturated heterocycles. The molecule has 1 heterocycles. The van der Waals surface area contributed by atoms with Gasteiger partial charge >= 0.3 is 5.69 Å². The van der Waals surface area contributed by atoms with Gasteiger partial charge in [-0.05, 0) is 0 Å². The third-order valence-electron chi connectivity index (χ3n) is 0.826. The van der Waals surface area contributed by atoms with Crippen molar-refractivity contribution in [3.63, 3.8) is 0 Å². The third-order valence-corrected chi connectivity index (χ3v) is 0.826. The van der Waals surface area contributed by atoms with E-state index < -0.39 is 4.92 Å². The van der Waals surface area contributed by atoms with Crippen LogP contribution in [0.4, 0.5) is 5.69 Å². The normalized spacial score (nSPS) is 9.44. The van der Waals surface area contributed by atoms with E-state index in [0.29, 0.717) is 0 Å². The molecule has 0 fully saturated rings. The summed E-state index contributed by atoms with van der Waals surface area (Å²) in [5.74, 6) is 0. The molecule has 1 rings (SSSR count). The molecule has 0 aliphatic rings. The number of nitro groups is 1. The number of rotatable bonds is 1. The van der Waals surface area contributed by atoms with E-state index in [9.17, 15) is 10.1 Å². The predicted molar refractivity (Wildman–Crippen MR) is 28.7 cm³/mol. The van der Waals surface area contributed by atoms with Gasteiger partial charge in [0.15, 0.2) is 6.20 Å². The molecule has 0 bridgehead atoms. The van der Waals surface area contributed by atoms with Gasteiger partial charge in [0, 0.05) is 7.05 Å². The highest BCUT2D eigenvalue weighted by Crippen LogP contribution is 2.04. The Morgan fingerprint density at radius 2 is 2.67 bits per heavy atom. The second-order valence-electron chi connectivity index (χ2n) is 1.52. The summed E-state index contributed by atoms with van der Waals surface area (Å²) in [7, 11) is 1.58. The molecule has 0 atom stereocenters. The molecule has 0 spiro atoms. The zero-order valence-corrected chi connectivity index (χ0v) is 4.74. The minimum atomic E-state index is -0.535. The van der Waals surface area contributed by atoms with Gasteiger partial charge in [0.2, 0.25) is 0 Å². The van der Waals surface area contributed by atoms with Crippen LogP contribution in [0, 0.1) is 16.3 Å². The average molecular weight is 126 g/mol. The highest BCUT2D eigenvalue weighted by molar-refractivity contribution is 5.18. The van der Waals surface area contributed by atoms with Crippen molar-refractivity contribution >= 4 is 5.69 Å². The van der Waals surface area contributed by atoms with Crippen molar-refractivity contribution in [3.05, 3.63) is 22.5 Å². The maximum atomic E-state index is 9.94. The molecular weight excluding hydrogens is 122 g/mol. The van der Waals surface area contributed by atoms with Crippen molar-refractivity contribution in [1.82, 2.24) is 9.78 Å². The fraction of sp³-hybridized carbons (Fsp3) is 0.250. The van der Waals surface area contributed by atoms with E-state index in [1.807, 2.05) is 0 Å². The van der Waals surface area contributed by atoms with Crippen molar-refractivity contribution < 1.29 is 4.92 Å². The van der Waals surface area contributed by atoms with Crippen molar-refractivity contribution in [1.29, 1.82) is 0 Å². The molecule has 0 aliphatic carbocycles. The van der Waals surface area contributed by atoms with Gasteiger partial charge in [-0.3, -0.25) is 14.8 Å². The maximum Gasteiger partial charge on any atom is 0.316 e. The van der Waals surface area contributed by atoms with Crippen molar-refractivity contribution in [2.24, 2.45) is 7.05 Å². The van der Waals surface area contributed by atoms with Gasteiger partial charge in [0.1, 0.15) is 6.20 Å². The number of hydrogen-bond donors (Lipinski definition) is 0. The zero-order chi connectivity index (χ0) is 6.85. The van der Waals surface area contributed by atoms with Gasteiger partial charge in [-0.25, -0.2) is 0 Å². The molecular formula is C4H4N3O2. The largest absolute Gasteiger partial charge is 0.316 e. The topological polar surface area (TPSA) is 61.0 Å². The summed E-state index contributed by atoms with van der Waals surface area (Å²) in [6, 6.07) is 0. The van der Waals surface area contributed by atoms with E-state index in [0.717, 1.165) is 6.20 Å². The first-order valence-corrected chi connectivity index (χ1v) is 2.26. The Morgan fingerprint density at radius 3 is 2.89 bits per heavy atom. The summed E-state index contributed by atoms with van der Waals surface area (Å²) in [6.07, 6.45) is 3.53. The predicted octanol–water partition coefficient (Wildman–Crippen LogP) is 0.128. The lowest BCUT2D eigenvalue weighted by Gasteiger charge is -1.78. The molecule has 9 heavy (non-hydrogen) atoms. The fourth-order valence-corrected chi connectivity index (χ4v) is 0.453. The first kappa shape index (κ1) is 5.74. The van der Waals surface area contributed by atoms with Crippen LogP contribution in [-0.4, -0.2) is 14.7 Å². The second-order valence-corrected chi connectivity index (χ2v) is 1.52. The summed E-state index contributed by atoms with van der Waals surface area (Å²) in [5, 5.41) is 13.5. The smallest absolute Gasteiger partial charge is 0.259 e. The molecule has 0 amide bonds. The summed E-state index contributed by atoms with van der Waals surface area (Å²) >= 11 is 0. The molecule has 1 radical (unpaired) electrons. The molecule has 1 aromatic heterocycles. The van der Waals surface area contributed by atoms with Crippen LogP contribution < -0.4 is 0 Å². The van der Waals surface area contributed by atoms with Gasteiger partial charge in [0.25, 0.3) is 0 Å². The van der Waals surface area contributed by atoms with E-state index >= 15 is 0 Å². The summed E-state index contributed by atoms with van der Waals surface area (Å²) in [5.41, 5.74) is -0.0995. The zero-order valence-electron chi connectivity index (χ0n) is 4.74. The molecule has 0 unspecified atom stereocenters. The molecule has 47 valence electrons. The van der Waals surface area contributed by atoms with E-state index in [1.165, 1.54) is 4.68 Å². The SMILES string of the molecule is Cn1[c]c([N+](=O)[O-])cn1. The summed E-state index contributed by atoms with van der Waals surface area (Å²) in [4.78, 5) is 9.40. The first-order chi connectivity index (χ1) is 4.20. The van der Waals surface area contributed by atoms with Crippen LogP contribution in [0.5, 0.6) is 0 Å². The third kappa shape index (κ3) is 1.04. The van der Waals surface area contributed by atoms with Gasteiger partial charge in [0.05, 0.1) is 4.92 Å². The Bertz CT molecular complexity index is 229. The Kier molecular flexibility index (Phi) is 1.18. The van der Waals surface area contributed by atoms with Crippen molar-refractivity contribution in [3.8, 4) is 0 Å². The lowest BCUT2D eigenvalue weighted by Crippen LogP contribution is -1.87. The number of hydrogen-bond acceptors (Lipinski definition) is 3. The summed E-state index contributed by atoms with van der Waals surface area (Å²) < 4.78 is 1.26. The molecule has 0 aliphatic heterocycles. The molecule has 5 nitrogen and oxygen atoms in total. The molecule has 1 aromatic rings. The van der Waals surface area contributed by atoms with Gasteiger partial charge < -0.3 is 0 Å². The van der Waals surface area contributed by atoms with Gasteiger partial charge in [-0.1, -0.05) is 0 Å². The van der Waals surface area contributed by atoms with E-state index in [2.05, 4.69) is 11.3 Å². The first-order valence-electron chi connectivity index (χ1n) is 2.26. The van der Waals surface area contributed by atoms with E-state index in [4.69, 9.17) is 0 Å². The van der Waals surface area contributed by atoms with Crippen LogP contribution in [0.2, 0.25) is 0 Å². The highest BCUT2D eigenvalue weighted by Gasteiger charge is 2.06. The van der Waals surface area contributed by atoms with Crippen molar-refractivity contribution in [2.45, 2.75) is 0 Å². The Balaban J connectivity index is 2.98. The van der Waals surface area contributed by atoms with Gasteiger partial charge in [-0.2, -0.15) is 5.10 Å².